The second-order valence-corrected chi connectivity index (χ2v) is 8.75. The Labute approximate surface area is 203 Å². The molecule has 0 amide bonds. The van der Waals surface area contributed by atoms with Crippen LogP contribution in [0.4, 0.5) is 13.2 Å². The second-order valence-electron chi connectivity index (χ2n) is 8.75. The lowest BCUT2D eigenvalue weighted by atomic mass is 9.98. The molecule has 178 valence electrons. The van der Waals surface area contributed by atoms with Gasteiger partial charge in [0.15, 0.2) is 5.82 Å². The average Bonchev–Trinajstić information content (AvgIpc) is 2.86. The van der Waals surface area contributed by atoms with E-state index in [1.54, 1.807) is 18.2 Å². The van der Waals surface area contributed by atoms with Gasteiger partial charge in [-0.05, 0) is 66.0 Å². The Morgan fingerprint density at radius 2 is 1.54 bits per heavy atom. The molecule has 6 heteroatoms. The van der Waals surface area contributed by atoms with E-state index in [2.05, 4.69) is 16.9 Å². The smallest absolute Gasteiger partial charge is 0.159 e. The summed E-state index contributed by atoms with van der Waals surface area (Å²) in [6.45, 7) is 2.19. The minimum atomic E-state index is -0.902. The quantitative estimate of drug-likeness (QED) is 0.237. The Kier molecular flexibility index (Phi) is 7.77. The SMILES string of the molecule is CCCCCCc1cnc(-c2ccc3c(F)c(CCc4cc(F)c(C#N)c(F)c4)ccc3c2)nc1. The largest absolute Gasteiger partial charge is 0.236 e. The van der Waals surface area contributed by atoms with Crippen LogP contribution in [0.1, 0.15) is 54.9 Å². The number of aryl methyl sites for hydroxylation is 3. The van der Waals surface area contributed by atoms with Crippen LogP contribution in [-0.2, 0) is 19.3 Å². The molecule has 0 bridgehead atoms. The van der Waals surface area contributed by atoms with Crippen LogP contribution in [0.3, 0.4) is 0 Å². The van der Waals surface area contributed by atoms with E-state index < -0.39 is 17.2 Å². The van der Waals surface area contributed by atoms with Crippen molar-refractivity contribution in [1.29, 1.82) is 5.26 Å². The summed E-state index contributed by atoms with van der Waals surface area (Å²) in [6, 6.07) is 12.7. The zero-order valence-corrected chi connectivity index (χ0v) is 19.6. The molecule has 4 aromatic rings. The summed E-state index contributed by atoms with van der Waals surface area (Å²) in [5.41, 5.74) is 2.15. The van der Waals surface area contributed by atoms with Crippen molar-refractivity contribution in [2.24, 2.45) is 0 Å². The molecule has 3 nitrogen and oxygen atoms in total. The number of benzene rings is 3. The number of hydrogen-bond donors (Lipinski definition) is 0. The molecule has 0 aliphatic rings. The molecule has 3 aromatic carbocycles. The minimum Gasteiger partial charge on any atom is -0.236 e. The number of unbranched alkanes of at least 4 members (excludes halogenated alkanes) is 3. The maximum Gasteiger partial charge on any atom is 0.159 e. The Bertz CT molecular complexity index is 1350. The van der Waals surface area contributed by atoms with Crippen molar-refractivity contribution >= 4 is 10.8 Å². The summed E-state index contributed by atoms with van der Waals surface area (Å²) < 4.78 is 42.9. The monoisotopic (exact) mass is 473 g/mol. The highest BCUT2D eigenvalue weighted by atomic mass is 19.1. The predicted molar refractivity (Wildman–Crippen MR) is 131 cm³/mol. The van der Waals surface area contributed by atoms with E-state index in [1.165, 1.54) is 25.3 Å². The highest BCUT2D eigenvalue weighted by Crippen LogP contribution is 2.27. The maximum absolute atomic E-state index is 15.2. The molecule has 1 heterocycles. The first-order valence-electron chi connectivity index (χ1n) is 11.9. The van der Waals surface area contributed by atoms with Crippen LogP contribution in [0.5, 0.6) is 0 Å². The van der Waals surface area contributed by atoms with E-state index in [-0.39, 0.29) is 18.7 Å². The molecule has 0 aliphatic carbocycles. The lowest BCUT2D eigenvalue weighted by molar-refractivity contribution is 0.572. The van der Waals surface area contributed by atoms with Gasteiger partial charge in [-0.3, -0.25) is 0 Å². The van der Waals surface area contributed by atoms with Gasteiger partial charge in [0.1, 0.15) is 29.1 Å². The number of hydrogen-bond acceptors (Lipinski definition) is 3. The van der Waals surface area contributed by atoms with Gasteiger partial charge in [-0.25, -0.2) is 23.1 Å². The highest BCUT2D eigenvalue weighted by molar-refractivity contribution is 5.87. The van der Waals surface area contributed by atoms with E-state index in [1.807, 2.05) is 24.5 Å². The lowest BCUT2D eigenvalue weighted by Gasteiger charge is -2.09. The predicted octanol–water partition coefficient (Wildman–Crippen LogP) is 7.49. The van der Waals surface area contributed by atoms with Crippen LogP contribution in [0.15, 0.2) is 54.9 Å². The van der Waals surface area contributed by atoms with Crippen molar-refractivity contribution in [3.05, 3.63) is 94.6 Å². The van der Waals surface area contributed by atoms with E-state index in [4.69, 9.17) is 5.26 Å². The maximum atomic E-state index is 15.2. The topological polar surface area (TPSA) is 49.6 Å². The number of aromatic nitrogens is 2. The number of nitriles is 1. The third-order valence-electron chi connectivity index (χ3n) is 6.21. The van der Waals surface area contributed by atoms with E-state index in [0.717, 1.165) is 41.5 Å². The molecule has 0 aliphatic heterocycles. The van der Waals surface area contributed by atoms with Gasteiger partial charge in [0.25, 0.3) is 0 Å². The Hall–Kier alpha value is -3.72. The fraction of sp³-hybridized carbons (Fsp3) is 0.276. The molecule has 35 heavy (non-hydrogen) atoms. The number of rotatable bonds is 9. The summed E-state index contributed by atoms with van der Waals surface area (Å²) in [6.07, 6.45) is 9.98. The third kappa shape index (κ3) is 5.68. The van der Waals surface area contributed by atoms with Gasteiger partial charge in [-0.1, -0.05) is 50.5 Å². The molecule has 0 saturated heterocycles. The molecule has 0 unspecified atom stereocenters. The van der Waals surface area contributed by atoms with Crippen molar-refractivity contribution in [2.45, 2.75) is 51.9 Å². The summed E-state index contributed by atoms with van der Waals surface area (Å²) in [5.74, 6) is -1.56. The van der Waals surface area contributed by atoms with Gasteiger partial charge < -0.3 is 0 Å². The molecule has 0 radical (unpaired) electrons. The van der Waals surface area contributed by atoms with Crippen LogP contribution in [0.2, 0.25) is 0 Å². The van der Waals surface area contributed by atoms with E-state index in [9.17, 15) is 8.78 Å². The Morgan fingerprint density at radius 3 is 2.23 bits per heavy atom. The molecular weight excluding hydrogens is 447 g/mol. The van der Waals surface area contributed by atoms with Gasteiger partial charge in [0.2, 0.25) is 0 Å². The Balaban J connectivity index is 1.48. The third-order valence-corrected chi connectivity index (χ3v) is 6.21. The van der Waals surface area contributed by atoms with Crippen molar-refractivity contribution < 1.29 is 13.2 Å². The standard InChI is InChI=1S/C29H26F3N3/c1-2-3-4-5-6-20-17-34-29(35-18-20)23-11-12-24-22(15-23)10-9-21(28(24)32)8-7-19-13-26(30)25(16-33)27(31)14-19/h9-15,17-18H,2-8H2,1H3. The summed E-state index contributed by atoms with van der Waals surface area (Å²) >= 11 is 0. The van der Waals surface area contributed by atoms with Gasteiger partial charge in [-0.15, -0.1) is 0 Å². The summed E-state index contributed by atoms with van der Waals surface area (Å²) in [7, 11) is 0. The minimum absolute atomic E-state index is 0.249. The molecule has 0 atom stereocenters. The van der Waals surface area contributed by atoms with Crippen LogP contribution in [-0.4, -0.2) is 9.97 Å². The van der Waals surface area contributed by atoms with E-state index in [0.29, 0.717) is 22.3 Å². The first kappa shape index (κ1) is 24.4. The lowest BCUT2D eigenvalue weighted by Crippen LogP contribution is -1.99. The molecular formula is C29H26F3N3. The Morgan fingerprint density at radius 1 is 0.800 bits per heavy atom. The van der Waals surface area contributed by atoms with Gasteiger partial charge >= 0.3 is 0 Å². The molecule has 4 rings (SSSR count). The number of nitrogens with zero attached hydrogens (tertiary/aromatic N) is 3. The molecule has 0 saturated carbocycles. The fourth-order valence-electron chi connectivity index (χ4n) is 4.21. The van der Waals surface area contributed by atoms with Crippen molar-refractivity contribution in [3.63, 3.8) is 0 Å². The molecule has 0 fully saturated rings. The zero-order valence-electron chi connectivity index (χ0n) is 19.6. The highest BCUT2D eigenvalue weighted by Gasteiger charge is 2.13. The number of fused-ring (bicyclic) bond motifs is 1. The van der Waals surface area contributed by atoms with Crippen molar-refractivity contribution in [3.8, 4) is 17.5 Å². The van der Waals surface area contributed by atoms with Crippen molar-refractivity contribution in [1.82, 2.24) is 9.97 Å². The van der Waals surface area contributed by atoms with Gasteiger partial charge in [0, 0.05) is 23.3 Å². The first-order chi connectivity index (χ1) is 17.0. The zero-order chi connectivity index (χ0) is 24.8. The summed E-state index contributed by atoms with van der Waals surface area (Å²) in [5, 5.41) is 10.00. The average molecular weight is 474 g/mol. The molecule has 1 aromatic heterocycles. The van der Waals surface area contributed by atoms with Crippen LogP contribution >= 0.6 is 0 Å². The van der Waals surface area contributed by atoms with E-state index >= 15 is 4.39 Å². The second kappa shape index (κ2) is 11.1. The fourth-order valence-corrected chi connectivity index (χ4v) is 4.21. The van der Waals surface area contributed by atoms with Crippen molar-refractivity contribution in [2.75, 3.05) is 0 Å². The molecule has 0 N–H and O–H groups in total. The molecule has 0 spiro atoms. The first-order valence-corrected chi connectivity index (χ1v) is 11.9. The van der Waals surface area contributed by atoms with Crippen LogP contribution < -0.4 is 0 Å². The normalized spacial score (nSPS) is 11.1. The van der Waals surface area contributed by atoms with Gasteiger partial charge in [0.05, 0.1) is 0 Å². The number of halogens is 3. The summed E-state index contributed by atoms with van der Waals surface area (Å²) in [4.78, 5) is 9.00. The van der Waals surface area contributed by atoms with Crippen LogP contribution in [0, 0.1) is 28.8 Å². The van der Waals surface area contributed by atoms with Crippen LogP contribution in [0.25, 0.3) is 22.2 Å². The van der Waals surface area contributed by atoms with Gasteiger partial charge in [-0.2, -0.15) is 5.26 Å².